The standard InChI is InChI=1S/C27H33IN2O10/c1-13(2)22-20(11-18-7-9-19(28)10-8-18)26(30-29-22)40-27-25(38-17(6)34)24(37-16(5)33)23(36-15(4)32)21(39-27)12-35-14(3)31/h7-10,13,21,23-25,27H,11-12H2,1-6H3,(H,29,30)/t21-,23+,24+,25-,27+/m1/s1. The van der Waals surface area contributed by atoms with Gasteiger partial charge < -0.3 is 28.4 Å². The first-order valence-corrected chi connectivity index (χ1v) is 13.7. The van der Waals surface area contributed by atoms with E-state index in [0.717, 1.165) is 34.2 Å². The Hall–Kier alpha value is -3.20. The molecule has 13 heteroatoms. The number of H-pyrrole nitrogens is 1. The molecule has 0 unspecified atom stereocenters. The molecule has 0 spiro atoms. The second-order valence-electron chi connectivity index (χ2n) is 9.56. The van der Waals surface area contributed by atoms with E-state index < -0.39 is 54.6 Å². The van der Waals surface area contributed by atoms with Gasteiger partial charge in [0.25, 0.3) is 0 Å². The van der Waals surface area contributed by atoms with Gasteiger partial charge in [-0.3, -0.25) is 24.3 Å². The monoisotopic (exact) mass is 672 g/mol. The number of benzene rings is 1. The maximum atomic E-state index is 12.1. The maximum Gasteiger partial charge on any atom is 0.303 e. The molecule has 2 heterocycles. The van der Waals surface area contributed by atoms with Crippen molar-refractivity contribution in [2.75, 3.05) is 6.61 Å². The van der Waals surface area contributed by atoms with Crippen LogP contribution in [0.3, 0.4) is 0 Å². The van der Waals surface area contributed by atoms with E-state index in [0.29, 0.717) is 6.42 Å². The lowest BCUT2D eigenvalue weighted by Crippen LogP contribution is -2.63. The first-order valence-electron chi connectivity index (χ1n) is 12.6. The molecular weight excluding hydrogens is 639 g/mol. The molecule has 1 aromatic carbocycles. The summed E-state index contributed by atoms with van der Waals surface area (Å²) < 4.78 is 34.9. The van der Waals surface area contributed by atoms with Crippen LogP contribution in [0.15, 0.2) is 24.3 Å². The van der Waals surface area contributed by atoms with Crippen molar-refractivity contribution in [3.05, 3.63) is 44.7 Å². The van der Waals surface area contributed by atoms with Gasteiger partial charge >= 0.3 is 23.9 Å². The highest BCUT2D eigenvalue weighted by molar-refractivity contribution is 14.1. The summed E-state index contributed by atoms with van der Waals surface area (Å²) in [6, 6.07) is 7.98. The number of halogens is 1. The zero-order chi connectivity index (χ0) is 29.6. The fraction of sp³-hybridized carbons (Fsp3) is 0.519. The highest BCUT2D eigenvalue weighted by Gasteiger charge is 2.53. The number of ether oxygens (including phenoxy) is 6. The van der Waals surface area contributed by atoms with Crippen LogP contribution < -0.4 is 4.74 Å². The number of carbonyl (C=O) groups is 4. The van der Waals surface area contributed by atoms with E-state index in [9.17, 15) is 19.2 Å². The Morgan fingerprint density at radius 1 is 0.900 bits per heavy atom. The Kier molecular flexibility index (Phi) is 10.9. The van der Waals surface area contributed by atoms with E-state index >= 15 is 0 Å². The molecule has 40 heavy (non-hydrogen) atoms. The van der Waals surface area contributed by atoms with Crippen LogP contribution in [0.1, 0.15) is 64.3 Å². The topological polar surface area (TPSA) is 152 Å². The summed E-state index contributed by atoms with van der Waals surface area (Å²) in [6.07, 6.45) is -6.00. The average Bonchev–Trinajstić information content (AvgIpc) is 3.24. The number of nitrogens with one attached hydrogen (secondary N) is 1. The summed E-state index contributed by atoms with van der Waals surface area (Å²) in [6.45, 7) is 8.34. The molecule has 218 valence electrons. The minimum atomic E-state index is -1.38. The molecule has 1 fully saturated rings. The van der Waals surface area contributed by atoms with E-state index in [1.54, 1.807) is 0 Å². The van der Waals surface area contributed by atoms with Gasteiger partial charge in [0.1, 0.15) is 12.7 Å². The number of aromatic nitrogens is 2. The van der Waals surface area contributed by atoms with Crippen molar-refractivity contribution in [3.63, 3.8) is 0 Å². The number of hydrogen-bond donors (Lipinski definition) is 1. The van der Waals surface area contributed by atoms with Gasteiger partial charge in [-0.2, -0.15) is 0 Å². The van der Waals surface area contributed by atoms with Gasteiger partial charge in [0.05, 0.1) is 0 Å². The van der Waals surface area contributed by atoms with E-state index in [2.05, 4.69) is 32.8 Å². The molecule has 0 saturated carbocycles. The number of aromatic amines is 1. The third-order valence-corrected chi connectivity index (χ3v) is 6.63. The van der Waals surface area contributed by atoms with E-state index in [-0.39, 0.29) is 18.4 Å². The van der Waals surface area contributed by atoms with Crippen molar-refractivity contribution in [1.82, 2.24) is 10.2 Å². The Labute approximate surface area is 245 Å². The lowest BCUT2D eigenvalue weighted by molar-refractivity contribution is -0.289. The number of esters is 4. The largest absolute Gasteiger partial charge is 0.463 e. The summed E-state index contributed by atoms with van der Waals surface area (Å²) >= 11 is 2.23. The van der Waals surface area contributed by atoms with Crippen LogP contribution in [0.4, 0.5) is 0 Å². The molecule has 2 aromatic rings. The molecule has 1 aromatic heterocycles. The van der Waals surface area contributed by atoms with E-state index in [4.69, 9.17) is 28.4 Å². The molecule has 1 aliphatic heterocycles. The predicted molar refractivity (Wildman–Crippen MR) is 147 cm³/mol. The van der Waals surface area contributed by atoms with Gasteiger partial charge in [0.2, 0.25) is 18.3 Å². The number of rotatable bonds is 10. The SMILES string of the molecule is CC(=O)OC[C@H]1O[C@@H](Oc2n[nH]c(C(C)C)c2Cc2ccc(I)cc2)[C@H](OC(C)=O)[C@@H](OC(C)=O)[C@H]1OC(C)=O. The fourth-order valence-corrected chi connectivity index (χ4v) is 4.67. The molecular formula is C27H33IN2O10. The smallest absolute Gasteiger partial charge is 0.303 e. The normalized spacial score (nSPS) is 22.4. The van der Waals surface area contributed by atoms with Crippen LogP contribution in [-0.4, -0.2) is 71.4 Å². The summed E-state index contributed by atoms with van der Waals surface area (Å²) in [7, 11) is 0. The molecule has 0 bridgehead atoms. The van der Waals surface area contributed by atoms with Gasteiger partial charge in [-0.05, 0) is 46.2 Å². The molecule has 12 nitrogen and oxygen atoms in total. The lowest BCUT2D eigenvalue weighted by Gasteiger charge is -2.43. The van der Waals surface area contributed by atoms with Crippen LogP contribution >= 0.6 is 22.6 Å². The third kappa shape index (κ3) is 8.40. The lowest BCUT2D eigenvalue weighted by atomic mass is 9.97. The van der Waals surface area contributed by atoms with Crippen molar-refractivity contribution >= 4 is 46.5 Å². The second kappa shape index (κ2) is 13.9. The molecule has 1 saturated heterocycles. The number of nitrogens with zero attached hydrogens (tertiary/aromatic N) is 1. The quantitative estimate of drug-likeness (QED) is 0.225. The van der Waals surface area contributed by atoms with E-state index in [1.807, 2.05) is 38.1 Å². The van der Waals surface area contributed by atoms with Crippen LogP contribution in [0.2, 0.25) is 0 Å². The molecule has 0 amide bonds. The van der Waals surface area contributed by atoms with Gasteiger partial charge in [-0.1, -0.05) is 26.0 Å². The zero-order valence-electron chi connectivity index (χ0n) is 23.1. The second-order valence-corrected chi connectivity index (χ2v) is 10.8. The Bertz CT molecular complexity index is 1210. The van der Waals surface area contributed by atoms with Crippen LogP contribution in [0.25, 0.3) is 0 Å². The van der Waals surface area contributed by atoms with Crippen LogP contribution in [0, 0.1) is 3.57 Å². The number of hydrogen-bond acceptors (Lipinski definition) is 11. The molecule has 0 radical (unpaired) electrons. The first-order chi connectivity index (χ1) is 18.8. The Morgan fingerprint density at radius 2 is 1.48 bits per heavy atom. The number of carbonyl (C=O) groups excluding carboxylic acids is 4. The molecule has 5 atom stereocenters. The first kappa shape index (κ1) is 31.3. The third-order valence-electron chi connectivity index (χ3n) is 5.91. The predicted octanol–water partition coefficient (Wildman–Crippen LogP) is 3.19. The molecule has 3 rings (SSSR count). The van der Waals surface area contributed by atoms with Crippen molar-refractivity contribution in [2.24, 2.45) is 0 Å². The molecule has 1 aliphatic rings. The highest BCUT2D eigenvalue weighted by atomic mass is 127. The highest BCUT2D eigenvalue weighted by Crippen LogP contribution is 2.34. The fourth-order valence-electron chi connectivity index (χ4n) is 4.31. The van der Waals surface area contributed by atoms with Gasteiger partial charge in [0.15, 0.2) is 12.2 Å². The molecule has 0 aliphatic carbocycles. The van der Waals surface area contributed by atoms with Gasteiger partial charge in [0, 0.05) is 48.9 Å². The van der Waals surface area contributed by atoms with Gasteiger partial charge in [-0.25, -0.2) is 0 Å². The van der Waals surface area contributed by atoms with Gasteiger partial charge in [-0.15, -0.1) is 5.10 Å². The van der Waals surface area contributed by atoms with Crippen molar-refractivity contribution in [1.29, 1.82) is 0 Å². The van der Waals surface area contributed by atoms with Crippen molar-refractivity contribution in [2.45, 2.75) is 84.6 Å². The minimum absolute atomic E-state index is 0.0686. The maximum absolute atomic E-state index is 12.1. The zero-order valence-corrected chi connectivity index (χ0v) is 25.3. The minimum Gasteiger partial charge on any atom is -0.463 e. The van der Waals surface area contributed by atoms with Crippen LogP contribution in [0.5, 0.6) is 5.88 Å². The van der Waals surface area contributed by atoms with Crippen molar-refractivity contribution in [3.8, 4) is 5.88 Å². The Morgan fingerprint density at radius 3 is 2.02 bits per heavy atom. The summed E-state index contributed by atoms with van der Waals surface area (Å²) in [5.74, 6) is -2.52. The van der Waals surface area contributed by atoms with Crippen molar-refractivity contribution < 1.29 is 47.6 Å². The summed E-state index contributed by atoms with van der Waals surface area (Å²) in [5.41, 5.74) is 2.60. The van der Waals surface area contributed by atoms with E-state index in [1.165, 1.54) is 13.8 Å². The summed E-state index contributed by atoms with van der Waals surface area (Å²) in [5, 5.41) is 7.38. The average molecular weight is 672 g/mol. The summed E-state index contributed by atoms with van der Waals surface area (Å²) in [4.78, 5) is 47.7. The molecule has 1 N–H and O–H groups in total. The van der Waals surface area contributed by atoms with Crippen LogP contribution in [-0.2, 0) is 49.3 Å². The Balaban J connectivity index is 2.04.